The molecule has 158 valence electrons. The first kappa shape index (κ1) is 20.2. The summed E-state index contributed by atoms with van der Waals surface area (Å²) < 4.78 is 16.4. The van der Waals surface area contributed by atoms with Gasteiger partial charge in [0.2, 0.25) is 0 Å². The molecule has 3 heterocycles. The average molecular weight is 402 g/mol. The minimum atomic E-state index is -0.427. The molecule has 0 bridgehead atoms. The molecule has 7 nitrogen and oxygen atoms in total. The van der Waals surface area contributed by atoms with Crippen molar-refractivity contribution in [3.8, 4) is 5.75 Å². The van der Waals surface area contributed by atoms with Gasteiger partial charge < -0.3 is 19.1 Å². The van der Waals surface area contributed by atoms with Crippen molar-refractivity contribution in [2.24, 2.45) is 5.41 Å². The van der Waals surface area contributed by atoms with Crippen molar-refractivity contribution in [1.29, 1.82) is 0 Å². The maximum atomic E-state index is 12.9. The molecule has 3 fully saturated rings. The minimum Gasteiger partial charge on any atom is -0.496 e. The zero-order valence-corrected chi connectivity index (χ0v) is 17.3. The molecule has 0 N–H and O–H groups in total. The number of aryl methyl sites for hydroxylation is 1. The summed E-state index contributed by atoms with van der Waals surface area (Å²) in [5.74, 6) is 0.712. The number of methoxy groups -OCH3 is 1. The molecule has 7 heteroatoms. The number of esters is 1. The second-order valence-electron chi connectivity index (χ2n) is 8.40. The van der Waals surface area contributed by atoms with Crippen LogP contribution in [0.5, 0.6) is 5.75 Å². The standard InChI is InChI=1S/C22H30N2O5/c1-16-13-17(3-4-19(16)27-2)20(25)24-7-5-22(6-8-24)14-18(29-21(22)26)15-23-9-11-28-12-10-23/h3-4,13,18H,5-12,14-15H2,1-2H3. The molecule has 1 amide bonds. The average Bonchev–Trinajstić information content (AvgIpc) is 3.03. The second-order valence-corrected chi connectivity index (χ2v) is 8.40. The van der Waals surface area contributed by atoms with Crippen molar-refractivity contribution in [3.63, 3.8) is 0 Å². The molecule has 1 spiro atoms. The molecule has 3 saturated heterocycles. The number of carbonyl (C=O) groups excluding carboxylic acids is 2. The van der Waals surface area contributed by atoms with E-state index in [0.717, 1.165) is 50.6 Å². The molecule has 0 radical (unpaired) electrons. The fourth-order valence-corrected chi connectivity index (χ4v) is 4.75. The lowest BCUT2D eigenvalue weighted by atomic mass is 9.76. The third kappa shape index (κ3) is 4.12. The van der Waals surface area contributed by atoms with Crippen molar-refractivity contribution >= 4 is 11.9 Å². The summed E-state index contributed by atoms with van der Waals surface area (Å²) >= 11 is 0. The van der Waals surface area contributed by atoms with Crippen LogP contribution < -0.4 is 4.74 Å². The molecular weight excluding hydrogens is 372 g/mol. The van der Waals surface area contributed by atoms with Crippen molar-refractivity contribution in [2.45, 2.75) is 32.3 Å². The molecule has 0 aromatic heterocycles. The first-order chi connectivity index (χ1) is 14.0. The molecule has 29 heavy (non-hydrogen) atoms. The fourth-order valence-electron chi connectivity index (χ4n) is 4.75. The molecule has 3 aliphatic rings. The number of carbonyl (C=O) groups is 2. The number of likely N-dealkylation sites (tertiary alicyclic amines) is 1. The van der Waals surface area contributed by atoms with Gasteiger partial charge in [-0.25, -0.2) is 0 Å². The van der Waals surface area contributed by atoms with Crippen molar-refractivity contribution < 1.29 is 23.8 Å². The molecular formula is C22H30N2O5. The highest BCUT2D eigenvalue weighted by atomic mass is 16.6. The van der Waals surface area contributed by atoms with Gasteiger partial charge in [-0.3, -0.25) is 14.5 Å². The Morgan fingerprint density at radius 2 is 1.93 bits per heavy atom. The number of morpholine rings is 1. The van der Waals surface area contributed by atoms with Crippen molar-refractivity contribution in [3.05, 3.63) is 29.3 Å². The molecule has 1 aromatic rings. The van der Waals surface area contributed by atoms with Gasteiger partial charge in [-0.05, 0) is 43.5 Å². The lowest BCUT2D eigenvalue weighted by Gasteiger charge is -2.36. The van der Waals surface area contributed by atoms with Gasteiger partial charge in [0.1, 0.15) is 11.9 Å². The molecule has 0 aliphatic carbocycles. The Morgan fingerprint density at radius 1 is 1.21 bits per heavy atom. The Bertz CT molecular complexity index is 766. The fraction of sp³-hybridized carbons (Fsp3) is 0.636. The summed E-state index contributed by atoms with van der Waals surface area (Å²) in [7, 11) is 1.63. The normalized spacial score (nSPS) is 24.6. The molecule has 1 atom stereocenters. The van der Waals surface area contributed by atoms with Crippen LogP contribution in [0.15, 0.2) is 18.2 Å². The predicted molar refractivity (Wildman–Crippen MR) is 107 cm³/mol. The summed E-state index contributed by atoms with van der Waals surface area (Å²) in [4.78, 5) is 29.8. The molecule has 1 aromatic carbocycles. The molecule has 3 aliphatic heterocycles. The predicted octanol–water partition coefficient (Wildman–Crippen LogP) is 1.87. The van der Waals surface area contributed by atoms with Crippen molar-refractivity contribution in [2.75, 3.05) is 53.0 Å². The van der Waals surface area contributed by atoms with E-state index in [-0.39, 0.29) is 18.0 Å². The van der Waals surface area contributed by atoms with E-state index in [1.807, 2.05) is 24.0 Å². The van der Waals surface area contributed by atoms with E-state index in [9.17, 15) is 9.59 Å². The third-order valence-corrected chi connectivity index (χ3v) is 6.54. The van der Waals surface area contributed by atoms with Crippen LogP contribution in [0.1, 0.15) is 35.2 Å². The van der Waals surface area contributed by atoms with Gasteiger partial charge >= 0.3 is 5.97 Å². The monoisotopic (exact) mass is 402 g/mol. The van der Waals surface area contributed by atoms with Crippen LogP contribution in [0.2, 0.25) is 0 Å². The maximum absolute atomic E-state index is 12.9. The molecule has 0 saturated carbocycles. The van der Waals surface area contributed by atoms with Gasteiger partial charge in [0.05, 0.1) is 25.7 Å². The summed E-state index contributed by atoms with van der Waals surface area (Å²) in [6, 6.07) is 5.51. The number of benzene rings is 1. The zero-order chi connectivity index (χ0) is 20.4. The number of amides is 1. The van der Waals surface area contributed by atoms with Gasteiger partial charge in [-0.2, -0.15) is 0 Å². The minimum absolute atomic E-state index is 0.0156. The first-order valence-corrected chi connectivity index (χ1v) is 10.5. The Balaban J connectivity index is 1.35. The second kappa shape index (κ2) is 8.32. The molecule has 1 unspecified atom stereocenters. The lowest BCUT2D eigenvalue weighted by molar-refractivity contribution is -0.151. The SMILES string of the molecule is COc1ccc(C(=O)N2CCC3(CC2)CC(CN2CCOCC2)OC3=O)cc1C. The van der Waals surface area contributed by atoms with Gasteiger partial charge in [-0.1, -0.05) is 0 Å². The van der Waals surface area contributed by atoms with Crippen LogP contribution >= 0.6 is 0 Å². The van der Waals surface area contributed by atoms with Crippen LogP contribution in [-0.4, -0.2) is 80.8 Å². The Labute approximate surface area is 171 Å². The van der Waals surface area contributed by atoms with Crippen molar-refractivity contribution in [1.82, 2.24) is 9.80 Å². The third-order valence-electron chi connectivity index (χ3n) is 6.54. The topological polar surface area (TPSA) is 68.3 Å². The van der Waals surface area contributed by atoms with E-state index >= 15 is 0 Å². The van der Waals surface area contributed by atoms with Crippen LogP contribution in [-0.2, 0) is 14.3 Å². The van der Waals surface area contributed by atoms with Gasteiger partial charge in [-0.15, -0.1) is 0 Å². The van der Waals surface area contributed by atoms with E-state index in [2.05, 4.69) is 4.90 Å². The van der Waals surface area contributed by atoms with Gasteiger partial charge in [0, 0.05) is 44.7 Å². The smallest absolute Gasteiger partial charge is 0.312 e. The van der Waals surface area contributed by atoms with E-state index in [1.54, 1.807) is 13.2 Å². The number of nitrogens with zero attached hydrogens (tertiary/aromatic N) is 2. The highest BCUT2D eigenvalue weighted by Gasteiger charge is 2.51. The van der Waals surface area contributed by atoms with Crippen LogP contribution in [0, 0.1) is 12.3 Å². The summed E-state index contributed by atoms with van der Waals surface area (Å²) in [6.45, 7) is 7.16. The van der Waals surface area contributed by atoms with Crippen LogP contribution in [0.3, 0.4) is 0 Å². The Kier molecular flexibility index (Phi) is 5.79. The van der Waals surface area contributed by atoms with E-state index in [0.29, 0.717) is 31.5 Å². The number of cyclic esters (lactones) is 1. The highest BCUT2D eigenvalue weighted by Crippen LogP contribution is 2.43. The first-order valence-electron chi connectivity index (χ1n) is 10.5. The Morgan fingerprint density at radius 3 is 2.59 bits per heavy atom. The maximum Gasteiger partial charge on any atom is 0.312 e. The van der Waals surface area contributed by atoms with Crippen LogP contribution in [0.4, 0.5) is 0 Å². The number of piperidine rings is 1. The summed E-state index contributed by atoms with van der Waals surface area (Å²) in [5.41, 5.74) is 1.18. The number of hydrogen-bond acceptors (Lipinski definition) is 6. The van der Waals surface area contributed by atoms with Gasteiger partial charge in [0.25, 0.3) is 5.91 Å². The van der Waals surface area contributed by atoms with Crippen LogP contribution in [0.25, 0.3) is 0 Å². The number of hydrogen-bond donors (Lipinski definition) is 0. The van der Waals surface area contributed by atoms with E-state index in [1.165, 1.54) is 0 Å². The largest absolute Gasteiger partial charge is 0.496 e. The Hall–Kier alpha value is -2.12. The number of rotatable bonds is 4. The van der Waals surface area contributed by atoms with Gasteiger partial charge in [0.15, 0.2) is 0 Å². The van der Waals surface area contributed by atoms with E-state index in [4.69, 9.17) is 14.2 Å². The highest BCUT2D eigenvalue weighted by molar-refractivity contribution is 5.95. The zero-order valence-electron chi connectivity index (χ0n) is 17.3. The quantitative estimate of drug-likeness (QED) is 0.717. The summed E-state index contributed by atoms with van der Waals surface area (Å²) in [6.07, 6.45) is 2.05. The lowest BCUT2D eigenvalue weighted by Crippen LogP contribution is -2.45. The summed E-state index contributed by atoms with van der Waals surface area (Å²) in [5, 5.41) is 0. The number of ether oxygens (including phenoxy) is 3. The molecule has 4 rings (SSSR count). The van der Waals surface area contributed by atoms with E-state index < -0.39 is 5.41 Å².